The van der Waals surface area contributed by atoms with Crippen LogP contribution in [0, 0.1) is 0 Å². The van der Waals surface area contributed by atoms with Crippen LogP contribution in [0.1, 0.15) is 0 Å². The second-order valence-corrected chi connectivity index (χ2v) is 37.7. The highest BCUT2D eigenvalue weighted by Crippen LogP contribution is 2.49. The van der Waals surface area contributed by atoms with Crippen LogP contribution in [0.3, 0.4) is 0 Å². The SMILES string of the molecule is c1ccc(-c2ccc(-c3cc(-c4ccccc4)nc(-n4c5ccccc5c5c6sc(-c7ccccc7)cc6ccc54)c3)cc2)cc1.c1ccc(-c2ccc(-c3cc(-c4ccccc4)nc(-n4c5ccccc5c5c6sc(-c7ccccc7)cc6ccc54)n3)cc2)cc1.c1ccc(-c2ccc(-c3cc(-n4c5ccccc5c5c6sc(-c7ccccc7)cc6ccc54)nc(-c4ccccc4)n3)cc2)cc1. The molecule has 9 heterocycles. The molecule has 18 aromatic carbocycles. The standard InChI is InChI=1S/C43H28N2S.2C42H27N3S/c1-4-12-29(13-5-1)30-20-22-31(23-21-30)35-26-37(32-14-6-2-7-15-32)44-41(28-35)45-38-19-11-10-18-36(38)42-39(45)25-24-34-27-40(46-43(34)42)33-16-8-3-9-17-33;1-4-12-28(13-5-1)29-20-22-30(23-21-29)35-27-39(44-42(43-35)32-16-8-3-9-17-32)45-36-19-11-10-18-34(36)40-37(45)25-24-33-26-38(46-41(33)40)31-14-6-2-7-15-31;1-4-12-28(13-5-1)29-20-22-31(23-21-29)36-27-35(30-14-6-2-7-15-30)43-42(44-36)45-37-19-11-10-18-34(37)40-38(45)25-24-33-26-39(46-41(33)40)32-16-8-3-9-17-32/h1-28H;2*1-27H. The minimum atomic E-state index is 0.661. The molecule has 648 valence electrons. The molecule has 0 fully saturated rings. The van der Waals surface area contributed by atoms with E-state index in [0.29, 0.717) is 11.8 Å². The first-order valence-electron chi connectivity index (χ1n) is 46.4. The van der Waals surface area contributed by atoms with E-state index in [1.807, 2.05) is 70.4 Å². The van der Waals surface area contributed by atoms with Crippen molar-refractivity contribution in [1.29, 1.82) is 0 Å². The fraction of sp³-hybridized carbons (Fsp3) is 0. The Balaban J connectivity index is 0.000000110. The highest BCUT2D eigenvalue weighted by atomic mass is 32.1. The monoisotopic (exact) mass is 1810 g/mol. The second kappa shape index (κ2) is 35.8. The van der Waals surface area contributed by atoms with Crippen LogP contribution in [0.4, 0.5) is 0 Å². The molecule has 0 saturated carbocycles. The normalized spacial score (nSPS) is 11.5. The van der Waals surface area contributed by atoms with E-state index in [1.54, 1.807) is 0 Å². The third kappa shape index (κ3) is 15.6. The number of para-hydroxylation sites is 3. The first-order chi connectivity index (χ1) is 68.4. The van der Waals surface area contributed by atoms with Crippen LogP contribution in [0.15, 0.2) is 497 Å². The summed E-state index contributed by atoms with van der Waals surface area (Å²) in [5, 5.41) is 11.2. The first-order valence-corrected chi connectivity index (χ1v) is 48.8. The summed E-state index contributed by atoms with van der Waals surface area (Å²) in [6, 6.07) is 176. The minimum absolute atomic E-state index is 0.661. The van der Waals surface area contributed by atoms with Gasteiger partial charge < -0.3 is 0 Å². The molecule has 0 aliphatic rings. The number of thiophene rings is 3. The zero-order valence-corrected chi connectivity index (χ0v) is 77.1. The minimum Gasteiger partial charge on any atom is -0.294 e. The van der Waals surface area contributed by atoms with Crippen molar-refractivity contribution in [1.82, 2.24) is 38.6 Å². The maximum atomic E-state index is 5.34. The molecule has 0 aliphatic heterocycles. The molecule has 27 aromatic rings. The number of aromatic nitrogens is 8. The Bertz CT molecular complexity index is 8330. The predicted molar refractivity (Wildman–Crippen MR) is 583 cm³/mol. The quantitative estimate of drug-likeness (QED) is 0.102. The average Bonchev–Trinajstić information content (AvgIpc) is 1.57. The molecular weight excluding hydrogens is 1730 g/mol. The number of benzene rings is 18. The van der Waals surface area contributed by atoms with Crippen molar-refractivity contribution in [3.05, 3.63) is 497 Å². The van der Waals surface area contributed by atoms with Gasteiger partial charge >= 0.3 is 0 Å². The molecule has 0 atom stereocenters. The largest absolute Gasteiger partial charge is 0.294 e. The Labute approximate surface area is 809 Å². The number of nitrogens with zero attached hydrogens (tertiary/aromatic N) is 8. The molecule has 0 N–H and O–H groups in total. The van der Waals surface area contributed by atoms with Gasteiger partial charge in [-0.3, -0.25) is 13.7 Å². The lowest BCUT2D eigenvalue weighted by molar-refractivity contribution is 0.996. The third-order valence-electron chi connectivity index (χ3n) is 26.1. The van der Waals surface area contributed by atoms with Crippen molar-refractivity contribution in [2.75, 3.05) is 0 Å². The Kier molecular flexibility index (Phi) is 21.4. The van der Waals surface area contributed by atoms with E-state index in [4.69, 9.17) is 24.9 Å². The van der Waals surface area contributed by atoms with Gasteiger partial charge in [0.15, 0.2) is 5.82 Å². The second-order valence-electron chi connectivity index (χ2n) is 34.5. The summed E-state index contributed by atoms with van der Waals surface area (Å²) in [6.07, 6.45) is 0. The summed E-state index contributed by atoms with van der Waals surface area (Å²) in [5.41, 5.74) is 28.9. The lowest BCUT2D eigenvalue weighted by Gasteiger charge is -2.13. The van der Waals surface area contributed by atoms with Crippen LogP contribution in [0.5, 0.6) is 0 Å². The Hall–Kier alpha value is -17.5. The summed E-state index contributed by atoms with van der Waals surface area (Å²) in [4.78, 5) is 30.0. The van der Waals surface area contributed by atoms with Gasteiger partial charge in [0, 0.05) is 94.9 Å². The Morgan fingerprint density at radius 1 is 0.159 bits per heavy atom. The first kappa shape index (κ1) is 82.5. The number of rotatable bonds is 15. The van der Waals surface area contributed by atoms with E-state index in [9.17, 15) is 0 Å². The highest BCUT2D eigenvalue weighted by Gasteiger charge is 2.26. The van der Waals surface area contributed by atoms with Gasteiger partial charge in [0.25, 0.3) is 0 Å². The third-order valence-corrected chi connectivity index (χ3v) is 29.8. The molecule has 0 saturated heterocycles. The van der Waals surface area contributed by atoms with E-state index >= 15 is 0 Å². The summed E-state index contributed by atoms with van der Waals surface area (Å²) in [5.74, 6) is 3.12. The number of pyridine rings is 1. The molecule has 0 aliphatic carbocycles. The molecule has 11 heteroatoms. The van der Waals surface area contributed by atoms with Gasteiger partial charge in [0.05, 0.1) is 55.9 Å². The van der Waals surface area contributed by atoms with Gasteiger partial charge in [-0.1, -0.05) is 419 Å². The maximum Gasteiger partial charge on any atom is 0.235 e. The Morgan fingerprint density at radius 3 is 0.783 bits per heavy atom. The van der Waals surface area contributed by atoms with Crippen molar-refractivity contribution in [2.24, 2.45) is 0 Å². The average molecular weight is 1820 g/mol. The van der Waals surface area contributed by atoms with E-state index in [2.05, 4.69) is 475 Å². The van der Waals surface area contributed by atoms with Gasteiger partial charge in [-0.15, -0.1) is 34.0 Å². The fourth-order valence-electron chi connectivity index (χ4n) is 19.4. The number of fused-ring (bicyclic) bond motifs is 15. The molecule has 0 radical (unpaired) electrons. The molecule has 0 spiro atoms. The highest BCUT2D eigenvalue weighted by molar-refractivity contribution is 7.24. The summed E-state index contributed by atoms with van der Waals surface area (Å²) < 4.78 is 10.8. The lowest BCUT2D eigenvalue weighted by atomic mass is 9.99. The molecule has 0 unspecified atom stereocenters. The van der Waals surface area contributed by atoms with E-state index < -0.39 is 0 Å². The van der Waals surface area contributed by atoms with Gasteiger partial charge in [-0.2, -0.15) is 0 Å². The smallest absolute Gasteiger partial charge is 0.235 e. The Morgan fingerprint density at radius 2 is 0.420 bits per heavy atom. The van der Waals surface area contributed by atoms with Gasteiger partial charge in [-0.05, 0) is 150 Å². The van der Waals surface area contributed by atoms with Crippen LogP contribution in [0.2, 0.25) is 0 Å². The summed E-state index contributed by atoms with van der Waals surface area (Å²) >= 11 is 5.57. The van der Waals surface area contributed by atoms with Crippen LogP contribution in [-0.2, 0) is 0 Å². The lowest BCUT2D eigenvalue weighted by Crippen LogP contribution is -2.04. The van der Waals surface area contributed by atoms with Crippen molar-refractivity contribution < 1.29 is 0 Å². The van der Waals surface area contributed by atoms with Crippen molar-refractivity contribution >= 4 is 130 Å². The topological polar surface area (TPSA) is 79.2 Å². The van der Waals surface area contributed by atoms with Gasteiger partial charge in [-0.25, -0.2) is 24.9 Å². The van der Waals surface area contributed by atoms with E-state index in [-0.39, 0.29) is 0 Å². The molecule has 8 nitrogen and oxygen atoms in total. The van der Waals surface area contributed by atoms with Crippen molar-refractivity contribution in [3.63, 3.8) is 0 Å². The van der Waals surface area contributed by atoms with Crippen molar-refractivity contribution in [3.8, 4) is 150 Å². The zero-order valence-electron chi connectivity index (χ0n) is 74.6. The van der Waals surface area contributed by atoms with Gasteiger partial charge in [0.2, 0.25) is 5.95 Å². The maximum absolute atomic E-state index is 5.34. The van der Waals surface area contributed by atoms with Crippen LogP contribution in [-0.4, -0.2) is 38.6 Å². The molecule has 9 aromatic heterocycles. The number of hydrogen-bond donors (Lipinski definition) is 0. The summed E-state index contributed by atoms with van der Waals surface area (Å²) in [7, 11) is 0. The van der Waals surface area contributed by atoms with Crippen molar-refractivity contribution in [2.45, 2.75) is 0 Å². The van der Waals surface area contributed by atoms with Crippen LogP contribution < -0.4 is 0 Å². The molecular formula is C127H82N8S3. The molecule has 138 heavy (non-hydrogen) atoms. The fourth-order valence-corrected chi connectivity index (χ4v) is 23.1. The van der Waals surface area contributed by atoms with Crippen LogP contribution >= 0.6 is 34.0 Å². The zero-order chi connectivity index (χ0) is 91.4. The molecule has 27 rings (SSSR count). The number of hydrogen-bond acceptors (Lipinski definition) is 8. The predicted octanol–water partition coefficient (Wildman–Crippen LogP) is 35.0. The molecule has 0 amide bonds. The van der Waals surface area contributed by atoms with Gasteiger partial charge in [0.1, 0.15) is 11.6 Å². The molecule has 0 bridgehead atoms. The van der Waals surface area contributed by atoms with Crippen LogP contribution in [0.25, 0.3) is 246 Å². The van der Waals surface area contributed by atoms with E-state index in [0.717, 1.165) is 101 Å². The summed E-state index contributed by atoms with van der Waals surface area (Å²) in [6.45, 7) is 0. The van der Waals surface area contributed by atoms with E-state index in [1.165, 1.54) is 133 Å².